The minimum Gasteiger partial charge on any atom is -0.389 e. The van der Waals surface area contributed by atoms with Crippen LogP contribution in [-0.4, -0.2) is 15.9 Å². The first kappa shape index (κ1) is 14.6. The number of aryl methyl sites for hydroxylation is 1. The highest BCUT2D eigenvalue weighted by molar-refractivity contribution is 9.10. The van der Waals surface area contributed by atoms with Gasteiger partial charge in [0, 0.05) is 16.2 Å². The van der Waals surface area contributed by atoms with Gasteiger partial charge in [-0.05, 0) is 52.7 Å². The second kappa shape index (κ2) is 6.11. The highest BCUT2D eigenvalue weighted by Crippen LogP contribution is 2.24. The molecule has 0 aliphatic carbocycles. The molecular weight excluding hydrogens is 338 g/mol. The molecule has 20 heavy (non-hydrogen) atoms. The molecule has 1 aromatic carbocycles. The Bertz CT molecular complexity index is 688. The molecule has 1 aromatic heterocycles. The molecule has 0 saturated heterocycles. The Morgan fingerprint density at radius 1 is 1.40 bits per heavy atom. The van der Waals surface area contributed by atoms with Gasteiger partial charge in [-0.25, -0.2) is 0 Å². The monoisotopic (exact) mass is 349 g/mol. The van der Waals surface area contributed by atoms with Crippen LogP contribution in [0.1, 0.15) is 21.6 Å². The van der Waals surface area contributed by atoms with E-state index < -0.39 is 0 Å². The lowest BCUT2D eigenvalue weighted by Gasteiger charge is -2.09. The lowest BCUT2D eigenvalue weighted by atomic mass is 10.2. The number of carbonyl (C=O) groups excluding carboxylic acids is 1. The number of benzene rings is 1. The number of carbonyl (C=O) groups is 1. The Morgan fingerprint density at radius 3 is 2.75 bits per heavy atom. The molecule has 1 amide bonds. The van der Waals surface area contributed by atoms with Gasteiger partial charge in [0.2, 0.25) is 0 Å². The first-order chi connectivity index (χ1) is 9.49. The van der Waals surface area contributed by atoms with Gasteiger partial charge in [-0.1, -0.05) is 18.3 Å². The Balaban J connectivity index is 2.25. The van der Waals surface area contributed by atoms with Crippen LogP contribution in [-0.2, 0) is 0 Å². The maximum Gasteiger partial charge on any atom is 0.274 e. The molecule has 2 aromatic rings. The average molecular weight is 350 g/mol. The highest BCUT2D eigenvalue weighted by Gasteiger charge is 2.12. The van der Waals surface area contributed by atoms with Crippen molar-refractivity contribution in [2.45, 2.75) is 6.92 Å². The van der Waals surface area contributed by atoms with Crippen LogP contribution in [0.3, 0.4) is 0 Å². The molecular formula is C14H12BrN3OS. The van der Waals surface area contributed by atoms with Gasteiger partial charge in [-0.3, -0.25) is 9.78 Å². The molecule has 0 fully saturated rings. The molecule has 3 N–H and O–H groups in total. The quantitative estimate of drug-likeness (QED) is 0.835. The van der Waals surface area contributed by atoms with E-state index in [0.29, 0.717) is 20.8 Å². The summed E-state index contributed by atoms with van der Waals surface area (Å²) in [7, 11) is 0. The van der Waals surface area contributed by atoms with E-state index in [1.165, 1.54) is 0 Å². The molecule has 0 radical (unpaired) electrons. The van der Waals surface area contributed by atoms with Gasteiger partial charge in [0.1, 0.15) is 10.7 Å². The summed E-state index contributed by atoms with van der Waals surface area (Å²) in [6.07, 6.45) is 1.59. The Labute approximate surface area is 130 Å². The number of thiocarbonyl (C=S) groups is 1. The van der Waals surface area contributed by atoms with Gasteiger partial charge in [-0.15, -0.1) is 0 Å². The zero-order chi connectivity index (χ0) is 14.7. The van der Waals surface area contributed by atoms with Crippen molar-refractivity contribution in [1.82, 2.24) is 4.98 Å². The van der Waals surface area contributed by atoms with Crippen molar-refractivity contribution in [3.05, 3.63) is 57.8 Å². The molecule has 0 atom stereocenters. The Hall–Kier alpha value is -1.79. The maximum atomic E-state index is 12.2. The van der Waals surface area contributed by atoms with E-state index in [4.69, 9.17) is 18.0 Å². The van der Waals surface area contributed by atoms with Crippen molar-refractivity contribution < 1.29 is 4.79 Å². The number of aromatic nitrogens is 1. The first-order valence-corrected chi connectivity index (χ1v) is 7.01. The molecule has 1 heterocycles. The standard InChI is InChI=1S/C14H12BrN3OS/c1-8-3-2-6-17-12(8)14(19)18-11-5-4-9(13(16)20)7-10(11)15/h2-7H,1H3,(H2,16,20)(H,18,19). The second-order valence-electron chi connectivity index (χ2n) is 4.18. The van der Waals surface area contributed by atoms with Crippen molar-refractivity contribution in [3.8, 4) is 0 Å². The number of amides is 1. The van der Waals surface area contributed by atoms with E-state index in [9.17, 15) is 4.79 Å². The third-order valence-electron chi connectivity index (χ3n) is 2.73. The van der Waals surface area contributed by atoms with Gasteiger partial charge >= 0.3 is 0 Å². The third-order valence-corrected chi connectivity index (χ3v) is 3.62. The molecule has 4 nitrogen and oxygen atoms in total. The number of nitrogens with one attached hydrogen (secondary N) is 1. The van der Waals surface area contributed by atoms with Gasteiger partial charge in [0.25, 0.3) is 5.91 Å². The molecule has 0 unspecified atom stereocenters. The fraction of sp³-hybridized carbons (Fsp3) is 0.0714. The number of halogens is 1. The lowest BCUT2D eigenvalue weighted by molar-refractivity contribution is 0.102. The van der Waals surface area contributed by atoms with Gasteiger partial charge in [0.05, 0.1) is 5.69 Å². The molecule has 0 spiro atoms. The molecule has 102 valence electrons. The third kappa shape index (κ3) is 3.20. The van der Waals surface area contributed by atoms with Crippen LogP contribution in [0.2, 0.25) is 0 Å². The topological polar surface area (TPSA) is 68.0 Å². The van der Waals surface area contributed by atoms with E-state index in [2.05, 4.69) is 26.2 Å². The fourth-order valence-corrected chi connectivity index (χ4v) is 2.28. The minimum absolute atomic E-state index is 0.258. The molecule has 0 saturated carbocycles. The predicted molar refractivity (Wildman–Crippen MR) is 87.0 cm³/mol. The summed E-state index contributed by atoms with van der Waals surface area (Å²) in [6, 6.07) is 8.90. The van der Waals surface area contributed by atoms with Crippen LogP contribution < -0.4 is 11.1 Å². The van der Waals surface area contributed by atoms with E-state index in [-0.39, 0.29) is 5.91 Å². The SMILES string of the molecule is Cc1cccnc1C(=O)Nc1ccc(C(N)=S)cc1Br. The number of rotatable bonds is 3. The van der Waals surface area contributed by atoms with E-state index >= 15 is 0 Å². The number of nitrogens with two attached hydrogens (primary N) is 1. The Kier molecular flexibility index (Phi) is 4.46. The largest absolute Gasteiger partial charge is 0.389 e. The fourth-order valence-electron chi connectivity index (χ4n) is 1.67. The Morgan fingerprint density at radius 2 is 2.15 bits per heavy atom. The van der Waals surface area contributed by atoms with Gasteiger partial charge < -0.3 is 11.1 Å². The van der Waals surface area contributed by atoms with Crippen molar-refractivity contribution in [2.24, 2.45) is 5.73 Å². The summed E-state index contributed by atoms with van der Waals surface area (Å²) in [6.45, 7) is 1.84. The van der Waals surface area contributed by atoms with Gasteiger partial charge in [-0.2, -0.15) is 0 Å². The predicted octanol–water partition coefficient (Wildman–Crippen LogP) is 3.04. The maximum absolute atomic E-state index is 12.2. The van der Waals surface area contributed by atoms with E-state index in [1.54, 1.807) is 30.5 Å². The van der Waals surface area contributed by atoms with Crippen LogP contribution in [0.25, 0.3) is 0 Å². The summed E-state index contributed by atoms with van der Waals surface area (Å²) in [5.41, 5.74) is 8.15. The molecule has 2 rings (SSSR count). The molecule has 6 heteroatoms. The van der Waals surface area contributed by atoms with Crippen molar-refractivity contribution >= 4 is 44.7 Å². The first-order valence-electron chi connectivity index (χ1n) is 5.81. The van der Waals surface area contributed by atoms with E-state index in [0.717, 1.165) is 11.1 Å². The zero-order valence-corrected chi connectivity index (χ0v) is 13.1. The minimum atomic E-state index is -0.258. The molecule has 0 aliphatic rings. The van der Waals surface area contributed by atoms with Crippen molar-refractivity contribution in [1.29, 1.82) is 0 Å². The summed E-state index contributed by atoms with van der Waals surface area (Å²) in [5.74, 6) is -0.258. The number of pyridine rings is 1. The van der Waals surface area contributed by atoms with Crippen molar-refractivity contribution in [3.63, 3.8) is 0 Å². The van der Waals surface area contributed by atoms with Crippen LogP contribution in [0.15, 0.2) is 41.0 Å². The number of hydrogen-bond acceptors (Lipinski definition) is 3. The smallest absolute Gasteiger partial charge is 0.274 e. The summed E-state index contributed by atoms with van der Waals surface area (Å²) < 4.78 is 0.713. The van der Waals surface area contributed by atoms with Crippen LogP contribution in [0, 0.1) is 6.92 Å². The summed E-state index contributed by atoms with van der Waals surface area (Å²) >= 11 is 8.29. The summed E-state index contributed by atoms with van der Waals surface area (Å²) in [5, 5.41) is 2.80. The number of anilines is 1. The molecule has 0 aliphatic heterocycles. The van der Waals surface area contributed by atoms with Crippen molar-refractivity contribution in [2.75, 3.05) is 5.32 Å². The zero-order valence-electron chi connectivity index (χ0n) is 10.7. The second-order valence-corrected chi connectivity index (χ2v) is 5.48. The summed E-state index contributed by atoms with van der Waals surface area (Å²) in [4.78, 5) is 16.6. The van der Waals surface area contributed by atoms with Gasteiger partial charge in [0.15, 0.2) is 0 Å². The normalized spacial score (nSPS) is 10.1. The lowest BCUT2D eigenvalue weighted by Crippen LogP contribution is -2.16. The van der Waals surface area contributed by atoms with E-state index in [1.807, 2.05) is 13.0 Å². The number of nitrogens with zero attached hydrogens (tertiary/aromatic N) is 1. The van der Waals surface area contributed by atoms with Crippen LogP contribution >= 0.6 is 28.1 Å². The van der Waals surface area contributed by atoms with Crippen LogP contribution in [0.4, 0.5) is 5.69 Å². The molecule has 0 bridgehead atoms. The number of hydrogen-bond donors (Lipinski definition) is 2. The average Bonchev–Trinajstić information content (AvgIpc) is 2.41. The highest BCUT2D eigenvalue weighted by atomic mass is 79.9. The van der Waals surface area contributed by atoms with Crippen LogP contribution in [0.5, 0.6) is 0 Å².